The van der Waals surface area contributed by atoms with Crippen LogP contribution in [0.1, 0.15) is 20.8 Å². The SMILES string of the molecule is CCNC(C)C(C)Sc1ccncn1. The second-order valence-electron chi connectivity index (χ2n) is 3.22. The van der Waals surface area contributed by atoms with E-state index in [0.29, 0.717) is 11.3 Å². The molecule has 78 valence electrons. The quantitative estimate of drug-likeness (QED) is 0.597. The van der Waals surface area contributed by atoms with Gasteiger partial charge >= 0.3 is 0 Å². The molecule has 1 aromatic heterocycles. The normalized spacial score (nSPS) is 15.1. The Kier molecular flexibility index (Phi) is 4.90. The van der Waals surface area contributed by atoms with Gasteiger partial charge in [0.05, 0.1) is 5.03 Å². The van der Waals surface area contributed by atoms with E-state index in [4.69, 9.17) is 0 Å². The molecule has 0 bridgehead atoms. The van der Waals surface area contributed by atoms with Crippen LogP contribution in [0.15, 0.2) is 23.6 Å². The number of nitrogens with zero attached hydrogens (tertiary/aromatic N) is 2. The summed E-state index contributed by atoms with van der Waals surface area (Å²) >= 11 is 1.78. The van der Waals surface area contributed by atoms with Gasteiger partial charge in [-0.05, 0) is 19.5 Å². The van der Waals surface area contributed by atoms with Crippen LogP contribution in [0.3, 0.4) is 0 Å². The zero-order chi connectivity index (χ0) is 10.4. The summed E-state index contributed by atoms with van der Waals surface area (Å²) in [6.45, 7) is 7.54. The van der Waals surface area contributed by atoms with Gasteiger partial charge in [0, 0.05) is 17.5 Å². The van der Waals surface area contributed by atoms with Crippen molar-refractivity contribution >= 4 is 11.8 Å². The second kappa shape index (κ2) is 5.98. The Balaban J connectivity index is 2.44. The van der Waals surface area contributed by atoms with Crippen LogP contribution < -0.4 is 5.32 Å². The summed E-state index contributed by atoms with van der Waals surface area (Å²) in [6, 6.07) is 2.44. The van der Waals surface area contributed by atoms with Gasteiger partial charge in [-0.15, -0.1) is 11.8 Å². The fourth-order valence-corrected chi connectivity index (χ4v) is 2.06. The minimum Gasteiger partial charge on any atom is -0.313 e. The Morgan fingerprint density at radius 2 is 2.29 bits per heavy atom. The molecule has 2 unspecified atom stereocenters. The van der Waals surface area contributed by atoms with Gasteiger partial charge in [0.1, 0.15) is 6.33 Å². The van der Waals surface area contributed by atoms with Crippen molar-refractivity contribution in [1.29, 1.82) is 0 Å². The maximum Gasteiger partial charge on any atom is 0.116 e. The molecule has 4 heteroatoms. The molecule has 1 rings (SSSR count). The van der Waals surface area contributed by atoms with Crippen molar-refractivity contribution < 1.29 is 0 Å². The smallest absolute Gasteiger partial charge is 0.116 e. The van der Waals surface area contributed by atoms with E-state index in [-0.39, 0.29) is 0 Å². The zero-order valence-corrected chi connectivity index (χ0v) is 9.71. The number of hydrogen-bond donors (Lipinski definition) is 1. The second-order valence-corrected chi connectivity index (χ2v) is 4.61. The molecule has 2 atom stereocenters. The van der Waals surface area contributed by atoms with Crippen LogP contribution in [0, 0.1) is 0 Å². The van der Waals surface area contributed by atoms with Gasteiger partial charge in [0.25, 0.3) is 0 Å². The van der Waals surface area contributed by atoms with E-state index in [1.165, 1.54) is 0 Å². The minimum absolute atomic E-state index is 0.500. The molecule has 0 amide bonds. The van der Waals surface area contributed by atoms with Crippen LogP contribution in [0.2, 0.25) is 0 Å². The van der Waals surface area contributed by atoms with E-state index in [1.54, 1.807) is 24.3 Å². The van der Waals surface area contributed by atoms with Crippen molar-refractivity contribution in [3.8, 4) is 0 Å². The molecule has 0 aliphatic heterocycles. The molecule has 14 heavy (non-hydrogen) atoms. The highest BCUT2D eigenvalue weighted by Crippen LogP contribution is 2.22. The number of rotatable bonds is 5. The molecule has 1 heterocycles. The highest BCUT2D eigenvalue weighted by atomic mass is 32.2. The largest absolute Gasteiger partial charge is 0.313 e. The maximum atomic E-state index is 4.19. The summed E-state index contributed by atoms with van der Waals surface area (Å²) in [4.78, 5) is 8.08. The van der Waals surface area contributed by atoms with E-state index >= 15 is 0 Å². The van der Waals surface area contributed by atoms with Gasteiger partial charge in [-0.3, -0.25) is 0 Å². The topological polar surface area (TPSA) is 37.8 Å². The third-order valence-electron chi connectivity index (χ3n) is 2.09. The molecule has 0 spiro atoms. The minimum atomic E-state index is 0.500. The lowest BCUT2D eigenvalue weighted by Gasteiger charge is -2.19. The number of nitrogens with one attached hydrogen (secondary N) is 1. The summed E-state index contributed by atoms with van der Waals surface area (Å²) in [7, 11) is 0. The van der Waals surface area contributed by atoms with Gasteiger partial charge in [-0.2, -0.15) is 0 Å². The van der Waals surface area contributed by atoms with Crippen molar-refractivity contribution in [2.24, 2.45) is 0 Å². The number of aromatic nitrogens is 2. The molecule has 1 aromatic rings. The van der Waals surface area contributed by atoms with E-state index in [2.05, 4.69) is 36.1 Å². The highest BCUT2D eigenvalue weighted by molar-refractivity contribution is 7.99. The van der Waals surface area contributed by atoms with E-state index < -0.39 is 0 Å². The lowest BCUT2D eigenvalue weighted by molar-refractivity contribution is 0.563. The van der Waals surface area contributed by atoms with Gasteiger partial charge in [0.15, 0.2) is 0 Å². The molecule has 0 aromatic carbocycles. The number of hydrogen-bond acceptors (Lipinski definition) is 4. The Bertz CT molecular complexity index is 253. The summed E-state index contributed by atoms with van der Waals surface area (Å²) in [5.41, 5.74) is 0. The third-order valence-corrected chi connectivity index (χ3v) is 3.35. The summed E-state index contributed by atoms with van der Waals surface area (Å²) < 4.78 is 0. The first-order chi connectivity index (χ1) is 6.74. The van der Waals surface area contributed by atoms with Gasteiger partial charge in [0.2, 0.25) is 0 Å². The highest BCUT2D eigenvalue weighted by Gasteiger charge is 2.12. The molecule has 0 aliphatic rings. The molecule has 0 saturated heterocycles. The third kappa shape index (κ3) is 3.64. The molecular formula is C10H17N3S. The standard InChI is InChI=1S/C10H17N3S/c1-4-12-8(2)9(3)14-10-5-6-11-7-13-10/h5-9,12H,4H2,1-3H3. The predicted octanol–water partition coefficient (Wildman–Crippen LogP) is 1.96. The van der Waals surface area contributed by atoms with Crippen LogP contribution >= 0.6 is 11.8 Å². The van der Waals surface area contributed by atoms with E-state index in [1.807, 2.05) is 6.07 Å². The van der Waals surface area contributed by atoms with Crippen LogP contribution in [0.4, 0.5) is 0 Å². The molecule has 0 aliphatic carbocycles. The average Bonchev–Trinajstić information content (AvgIpc) is 2.19. The molecule has 3 nitrogen and oxygen atoms in total. The fourth-order valence-electron chi connectivity index (χ4n) is 1.13. The molecule has 1 N–H and O–H groups in total. The first-order valence-corrected chi connectivity index (χ1v) is 5.78. The van der Waals surface area contributed by atoms with Gasteiger partial charge < -0.3 is 5.32 Å². The Morgan fingerprint density at radius 3 is 2.86 bits per heavy atom. The first kappa shape index (κ1) is 11.5. The van der Waals surface area contributed by atoms with Crippen LogP contribution in [0.5, 0.6) is 0 Å². The zero-order valence-electron chi connectivity index (χ0n) is 8.90. The monoisotopic (exact) mass is 211 g/mol. The van der Waals surface area contributed by atoms with Crippen molar-refractivity contribution in [3.63, 3.8) is 0 Å². The number of thioether (sulfide) groups is 1. The van der Waals surface area contributed by atoms with Gasteiger partial charge in [-0.25, -0.2) is 9.97 Å². The van der Waals surface area contributed by atoms with Gasteiger partial charge in [-0.1, -0.05) is 13.8 Å². The van der Waals surface area contributed by atoms with Crippen LogP contribution in [0.25, 0.3) is 0 Å². The van der Waals surface area contributed by atoms with Crippen molar-refractivity contribution in [1.82, 2.24) is 15.3 Å². The molecule has 0 radical (unpaired) electrons. The van der Waals surface area contributed by atoms with E-state index in [0.717, 1.165) is 11.6 Å². The Labute approximate surface area is 89.7 Å². The molecule has 0 fully saturated rings. The van der Waals surface area contributed by atoms with Crippen molar-refractivity contribution in [2.75, 3.05) is 6.54 Å². The van der Waals surface area contributed by atoms with Crippen LogP contribution in [-0.2, 0) is 0 Å². The fraction of sp³-hybridized carbons (Fsp3) is 0.600. The molecule has 0 saturated carbocycles. The summed E-state index contributed by atoms with van der Waals surface area (Å²) in [5.74, 6) is 0. The lowest BCUT2D eigenvalue weighted by atomic mass is 10.2. The van der Waals surface area contributed by atoms with E-state index in [9.17, 15) is 0 Å². The maximum absolute atomic E-state index is 4.19. The van der Waals surface area contributed by atoms with Crippen molar-refractivity contribution in [2.45, 2.75) is 37.1 Å². The summed E-state index contributed by atoms with van der Waals surface area (Å²) in [5, 5.41) is 4.96. The summed E-state index contributed by atoms with van der Waals surface area (Å²) in [6.07, 6.45) is 3.37. The average molecular weight is 211 g/mol. The van der Waals surface area contributed by atoms with Crippen LogP contribution in [-0.4, -0.2) is 27.8 Å². The van der Waals surface area contributed by atoms with Crippen molar-refractivity contribution in [3.05, 3.63) is 18.6 Å². The Hall–Kier alpha value is -0.610. The molecular weight excluding hydrogens is 194 g/mol. The lowest BCUT2D eigenvalue weighted by Crippen LogP contribution is -2.33. The Morgan fingerprint density at radius 1 is 1.50 bits per heavy atom. The first-order valence-electron chi connectivity index (χ1n) is 4.90. The predicted molar refractivity (Wildman–Crippen MR) is 60.5 cm³/mol.